The van der Waals surface area contributed by atoms with Crippen molar-refractivity contribution in [1.82, 2.24) is 0 Å². The quantitative estimate of drug-likeness (QED) is 0.845. The molecule has 1 unspecified atom stereocenters. The second-order valence-electron chi connectivity index (χ2n) is 4.45. The molecule has 0 aliphatic heterocycles. The Labute approximate surface area is 116 Å². The van der Waals surface area contributed by atoms with Gasteiger partial charge < -0.3 is 9.84 Å². The van der Waals surface area contributed by atoms with Crippen LogP contribution in [0, 0.1) is 0 Å². The van der Waals surface area contributed by atoms with E-state index in [0.717, 1.165) is 15.6 Å². The second-order valence-corrected chi connectivity index (χ2v) is 5.37. The standard InChI is InChI=1S/C14H19BrO3/c1-4-18-14(17)8-13(16)11-6-5-10(15)7-12(11)9(2)3/h5-7,9,13,16H,4,8H2,1-3H3. The van der Waals surface area contributed by atoms with Crippen LogP contribution in [-0.2, 0) is 9.53 Å². The first kappa shape index (κ1) is 15.2. The Morgan fingerprint density at radius 3 is 2.61 bits per heavy atom. The highest BCUT2D eigenvalue weighted by Gasteiger charge is 2.18. The van der Waals surface area contributed by atoms with Gasteiger partial charge in [0.1, 0.15) is 0 Å². The fourth-order valence-electron chi connectivity index (χ4n) is 1.84. The number of aliphatic hydroxyl groups is 1. The lowest BCUT2D eigenvalue weighted by molar-refractivity contribution is -0.145. The Morgan fingerprint density at radius 1 is 1.39 bits per heavy atom. The van der Waals surface area contributed by atoms with Crippen molar-refractivity contribution < 1.29 is 14.6 Å². The zero-order chi connectivity index (χ0) is 13.7. The molecule has 0 spiro atoms. The highest BCUT2D eigenvalue weighted by Crippen LogP contribution is 2.29. The zero-order valence-electron chi connectivity index (χ0n) is 10.9. The molecule has 0 heterocycles. The summed E-state index contributed by atoms with van der Waals surface area (Å²) in [5.74, 6) is -0.0861. The van der Waals surface area contributed by atoms with E-state index in [1.54, 1.807) is 6.92 Å². The topological polar surface area (TPSA) is 46.5 Å². The first-order valence-corrected chi connectivity index (χ1v) is 6.88. The van der Waals surface area contributed by atoms with Crippen LogP contribution in [0.3, 0.4) is 0 Å². The van der Waals surface area contributed by atoms with E-state index in [9.17, 15) is 9.90 Å². The summed E-state index contributed by atoms with van der Waals surface area (Å²) in [6.07, 6.45) is -0.815. The van der Waals surface area contributed by atoms with Crippen LogP contribution >= 0.6 is 15.9 Å². The summed E-state index contributed by atoms with van der Waals surface area (Å²) in [6, 6.07) is 5.70. The second kappa shape index (κ2) is 6.90. The first-order chi connectivity index (χ1) is 8.45. The van der Waals surface area contributed by atoms with Crippen LogP contribution in [0.4, 0.5) is 0 Å². The average molecular weight is 315 g/mol. The molecule has 3 nitrogen and oxygen atoms in total. The maximum absolute atomic E-state index is 11.4. The van der Waals surface area contributed by atoms with Gasteiger partial charge in [-0.15, -0.1) is 0 Å². The van der Waals surface area contributed by atoms with E-state index < -0.39 is 6.10 Å². The molecular weight excluding hydrogens is 296 g/mol. The lowest BCUT2D eigenvalue weighted by Gasteiger charge is -2.17. The highest BCUT2D eigenvalue weighted by molar-refractivity contribution is 9.10. The summed E-state index contributed by atoms with van der Waals surface area (Å²) in [6.45, 7) is 6.21. The van der Waals surface area contributed by atoms with Crippen molar-refractivity contribution in [2.24, 2.45) is 0 Å². The molecule has 1 atom stereocenters. The lowest BCUT2D eigenvalue weighted by atomic mass is 9.93. The van der Waals surface area contributed by atoms with Crippen molar-refractivity contribution in [1.29, 1.82) is 0 Å². The molecule has 0 saturated heterocycles. The first-order valence-electron chi connectivity index (χ1n) is 6.08. The summed E-state index contributed by atoms with van der Waals surface area (Å²) < 4.78 is 5.82. The number of aliphatic hydroxyl groups excluding tert-OH is 1. The van der Waals surface area contributed by atoms with Gasteiger partial charge in [0.05, 0.1) is 19.1 Å². The number of benzene rings is 1. The van der Waals surface area contributed by atoms with E-state index in [0.29, 0.717) is 6.61 Å². The number of hydrogen-bond donors (Lipinski definition) is 1. The fraction of sp³-hybridized carbons (Fsp3) is 0.500. The smallest absolute Gasteiger partial charge is 0.308 e. The molecule has 18 heavy (non-hydrogen) atoms. The number of hydrogen-bond acceptors (Lipinski definition) is 3. The van der Waals surface area contributed by atoms with E-state index in [2.05, 4.69) is 29.8 Å². The van der Waals surface area contributed by atoms with Crippen LogP contribution in [0.1, 0.15) is 50.3 Å². The Bertz CT molecular complexity index is 416. The largest absolute Gasteiger partial charge is 0.466 e. The third kappa shape index (κ3) is 4.10. The molecular formula is C14H19BrO3. The predicted molar refractivity (Wildman–Crippen MR) is 74.4 cm³/mol. The molecule has 1 rings (SSSR count). The Morgan fingerprint density at radius 2 is 2.06 bits per heavy atom. The Hall–Kier alpha value is -0.870. The van der Waals surface area contributed by atoms with Crippen LogP contribution < -0.4 is 0 Å². The highest BCUT2D eigenvalue weighted by atomic mass is 79.9. The molecule has 4 heteroatoms. The fourth-order valence-corrected chi connectivity index (χ4v) is 2.22. The maximum Gasteiger partial charge on any atom is 0.308 e. The van der Waals surface area contributed by atoms with Gasteiger partial charge >= 0.3 is 5.97 Å². The predicted octanol–water partition coefficient (Wildman–Crippen LogP) is 3.56. The average Bonchev–Trinajstić information content (AvgIpc) is 2.28. The minimum atomic E-state index is -0.811. The van der Waals surface area contributed by atoms with Gasteiger partial charge in [-0.25, -0.2) is 0 Å². The summed E-state index contributed by atoms with van der Waals surface area (Å²) in [7, 11) is 0. The van der Waals surface area contributed by atoms with Gasteiger partial charge in [-0.05, 0) is 36.1 Å². The SMILES string of the molecule is CCOC(=O)CC(O)c1ccc(Br)cc1C(C)C. The van der Waals surface area contributed by atoms with Gasteiger partial charge in [0.15, 0.2) is 0 Å². The number of esters is 1. The van der Waals surface area contributed by atoms with Crippen LogP contribution in [0.15, 0.2) is 22.7 Å². The number of carbonyl (C=O) groups is 1. The molecule has 1 N–H and O–H groups in total. The van der Waals surface area contributed by atoms with Crippen molar-refractivity contribution in [3.63, 3.8) is 0 Å². The monoisotopic (exact) mass is 314 g/mol. The third-order valence-corrected chi connectivity index (χ3v) is 3.19. The number of carbonyl (C=O) groups excluding carboxylic acids is 1. The van der Waals surface area contributed by atoms with Gasteiger partial charge in [-0.3, -0.25) is 4.79 Å². The molecule has 0 fully saturated rings. The summed E-state index contributed by atoms with van der Waals surface area (Å²) in [5.41, 5.74) is 1.84. The normalized spacial score (nSPS) is 12.6. The van der Waals surface area contributed by atoms with Crippen molar-refractivity contribution in [2.75, 3.05) is 6.61 Å². The van der Waals surface area contributed by atoms with E-state index in [4.69, 9.17) is 4.74 Å². The van der Waals surface area contributed by atoms with Crippen LogP contribution in [-0.4, -0.2) is 17.7 Å². The zero-order valence-corrected chi connectivity index (χ0v) is 12.5. The van der Waals surface area contributed by atoms with Gasteiger partial charge in [0.25, 0.3) is 0 Å². The van der Waals surface area contributed by atoms with Gasteiger partial charge in [-0.1, -0.05) is 35.8 Å². The summed E-state index contributed by atoms with van der Waals surface area (Å²) in [5, 5.41) is 10.1. The van der Waals surface area contributed by atoms with Crippen molar-refractivity contribution in [3.05, 3.63) is 33.8 Å². The minimum Gasteiger partial charge on any atom is -0.466 e. The van der Waals surface area contributed by atoms with Crippen LogP contribution in [0.2, 0.25) is 0 Å². The number of halogens is 1. The van der Waals surface area contributed by atoms with E-state index in [1.807, 2.05) is 18.2 Å². The van der Waals surface area contributed by atoms with E-state index in [1.165, 1.54) is 0 Å². The number of rotatable bonds is 5. The summed E-state index contributed by atoms with van der Waals surface area (Å²) in [4.78, 5) is 11.4. The molecule has 100 valence electrons. The molecule has 0 aliphatic rings. The van der Waals surface area contributed by atoms with Crippen LogP contribution in [0.25, 0.3) is 0 Å². The van der Waals surface area contributed by atoms with E-state index >= 15 is 0 Å². The molecule has 1 aromatic rings. The van der Waals surface area contributed by atoms with E-state index in [-0.39, 0.29) is 18.3 Å². The van der Waals surface area contributed by atoms with Gasteiger partial charge in [-0.2, -0.15) is 0 Å². The molecule has 0 bridgehead atoms. The molecule has 0 aliphatic carbocycles. The molecule has 0 saturated carbocycles. The molecule has 1 aromatic carbocycles. The molecule has 0 aromatic heterocycles. The maximum atomic E-state index is 11.4. The Kier molecular flexibility index (Phi) is 5.82. The molecule has 0 radical (unpaired) electrons. The van der Waals surface area contributed by atoms with Crippen molar-refractivity contribution in [2.45, 2.75) is 39.2 Å². The number of ether oxygens (including phenoxy) is 1. The van der Waals surface area contributed by atoms with Crippen molar-refractivity contribution >= 4 is 21.9 Å². The van der Waals surface area contributed by atoms with Gasteiger partial charge in [0, 0.05) is 4.47 Å². The van der Waals surface area contributed by atoms with Crippen molar-refractivity contribution in [3.8, 4) is 0 Å². The van der Waals surface area contributed by atoms with Crippen LogP contribution in [0.5, 0.6) is 0 Å². The lowest BCUT2D eigenvalue weighted by Crippen LogP contribution is -2.12. The minimum absolute atomic E-state index is 0.00477. The summed E-state index contributed by atoms with van der Waals surface area (Å²) >= 11 is 3.42. The molecule has 0 amide bonds. The third-order valence-electron chi connectivity index (χ3n) is 2.70. The Balaban J connectivity index is 2.91. The van der Waals surface area contributed by atoms with Gasteiger partial charge in [0.2, 0.25) is 0 Å².